The molecule has 2 heterocycles. The largest absolute Gasteiger partial charge is 0.337 e. The molecule has 0 N–H and O–H groups in total. The Balaban J connectivity index is 1.64. The van der Waals surface area contributed by atoms with E-state index < -0.39 is 9.84 Å². The molecule has 2 aromatic heterocycles. The van der Waals surface area contributed by atoms with Crippen LogP contribution in [0.4, 0.5) is 5.13 Å². The maximum atomic E-state index is 13.4. The van der Waals surface area contributed by atoms with Crippen LogP contribution in [0.2, 0.25) is 0 Å². The third-order valence-corrected chi connectivity index (χ3v) is 7.38. The standard InChI is InChI=1S/C23H24N4O3S2/c1-3-17-5-10-20-21(15-17)31-23(25-20)27(13-4-12-26-14-11-24-16-26)22(28)18-6-8-19(9-7-18)32(2,29)30/h5-11,14-16H,3-4,12-13H2,1-2H3. The fourth-order valence-electron chi connectivity index (χ4n) is 3.41. The van der Waals surface area contributed by atoms with Gasteiger partial charge in [-0.2, -0.15) is 0 Å². The lowest BCUT2D eigenvalue weighted by atomic mass is 10.2. The summed E-state index contributed by atoms with van der Waals surface area (Å²) in [4.78, 5) is 24.1. The van der Waals surface area contributed by atoms with Crippen molar-refractivity contribution < 1.29 is 13.2 Å². The lowest BCUT2D eigenvalue weighted by molar-refractivity contribution is 0.0986. The number of fused-ring (bicyclic) bond motifs is 1. The third kappa shape index (κ3) is 4.89. The summed E-state index contributed by atoms with van der Waals surface area (Å²) in [7, 11) is -3.32. The Morgan fingerprint density at radius 1 is 1.16 bits per heavy atom. The minimum Gasteiger partial charge on any atom is -0.337 e. The molecule has 0 fully saturated rings. The van der Waals surface area contributed by atoms with Gasteiger partial charge in [0.05, 0.1) is 21.4 Å². The number of sulfone groups is 1. The molecule has 0 bridgehead atoms. The smallest absolute Gasteiger partial charge is 0.260 e. The number of aromatic nitrogens is 3. The highest BCUT2D eigenvalue weighted by atomic mass is 32.2. The van der Waals surface area contributed by atoms with Crippen LogP contribution in [0, 0.1) is 0 Å². The van der Waals surface area contributed by atoms with Crippen LogP contribution >= 0.6 is 11.3 Å². The van der Waals surface area contributed by atoms with E-state index in [0.29, 0.717) is 17.2 Å². The minimum atomic E-state index is -3.32. The zero-order valence-electron chi connectivity index (χ0n) is 17.9. The number of thiazole rings is 1. The van der Waals surface area contributed by atoms with Crippen molar-refractivity contribution in [3.8, 4) is 0 Å². The molecule has 0 spiro atoms. The van der Waals surface area contributed by atoms with Gasteiger partial charge >= 0.3 is 0 Å². The van der Waals surface area contributed by atoms with E-state index in [2.05, 4.69) is 24.0 Å². The molecule has 0 radical (unpaired) electrons. The Labute approximate surface area is 191 Å². The van der Waals surface area contributed by atoms with Crippen molar-refractivity contribution in [3.05, 3.63) is 72.3 Å². The van der Waals surface area contributed by atoms with Gasteiger partial charge in [-0.05, 0) is 54.8 Å². The molecule has 0 saturated carbocycles. The summed E-state index contributed by atoms with van der Waals surface area (Å²) in [5.41, 5.74) is 2.51. The summed E-state index contributed by atoms with van der Waals surface area (Å²) in [6, 6.07) is 12.2. The summed E-state index contributed by atoms with van der Waals surface area (Å²) in [6.45, 7) is 3.31. The number of benzene rings is 2. The molecule has 0 aliphatic carbocycles. The monoisotopic (exact) mass is 468 g/mol. The van der Waals surface area contributed by atoms with Gasteiger partial charge in [-0.25, -0.2) is 18.4 Å². The topological polar surface area (TPSA) is 85.2 Å². The van der Waals surface area contributed by atoms with E-state index in [-0.39, 0.29) is 10.8 Å². The van der Waals surface area contributed by atoms with Gasteiger partial charge < -0.3 is 4.57 Å². The van der Waals surface area contributed by atoms with Crippen LogP contribution in [0.15, 0.2) is 66.1 Å². The number of amides is 1. The SMILES string of the molecule is CCc1ccc2nc(N(CCCn3ccnc3)C(=O)c3ccc(S(C)(=O)=O)cc3)sc2c1. The normalized spacial score (nSPS) is 11.7. The minimum absolute atomic E-state index is 0.188. The van der Waals surface area contributed by atoms with Crippen LogP contribution in [0.1, 0.15) is 29.3 Å². The van der Waals surface area contributed by atoms with Crippen molar-refractivity contribution in [2.45, 2.75) is 31.2 Å². The Hall–Kier alpha value is -3.04. The number of carbonyl (C=O) groups is 1. The van der Waals surface area contributed by atoms with Crippen LogP contribution in [0.5, 0.6) is 0 Å². The van der Waals surface area contributed by atoms with E-state index in [4.69, 9.17) is 4.98 Å². The number of anilines is 1. The lowest BCUT2D eigenvalue weighted by Crippen LogP contribution is -2.32. The van der Waals surface area contributed by atoms with Crippen molar-refractivity contribution in [2.75, 3.05) is 17.7 Å². The molecule has 2 aromatic carbocycles. The molecule has 7 nitrogen and oxygen atoms in total. The number of hydrogen-bond acceptors (Lipinski definition) is 6. The molecule has 1 amide bonds. The molecule has 0 atom stereocenters. The first-order valence-electron chi connectivity index (χ1n) is 10.3. The highest BCUT2D eigenvalue weighted by molar-refractivity contribution is 7.90. The maximum absolute atomic E-state index is 13.4. The second-order valence-electron chi connectivity index (χ2n) is 7.56. The van der Waals surface area contributed by atoms with Gasteiger partial charge in [0, 0.05) is 37.3 Å². The summed E-state index contributed by atoms with van der Waals surface area (Å²) in [6.07, 6.45) is 8.17. The molecule has 0 unspecified atom stereocenters. The van der Waals surface area contributed by atoms with Gasteiger partial charge in [-0.15, -0.1) is 0 Å². The fraction of sp³-hybridized carbons (Fsp3) is 0.261. The van der Waals surface area contributed by atoms with Crippen molar-refractivity contribution in [1.82, 2.24) is 14.5 Å². The quantitative estimate of drug-likeness (QED) is 0.387. The first-order valence-corrected chi connectivity index (χ1v) is 13.0. The van der Waals surface area contributed by atoms with Gasteiger partial charge in [0.1, 0.15) is 0 Å². The van der Waals surface area contributed by atoms with Crippen LogP contribution in [-0.2, 0) is 22.8 Å². The number of imidazole rings is 1. The van der Waals surface area contributed by atoms with Gasteiger partial charge in [0.25, 0.3) is 5.91 Å². The Morgan fingerprint density at radius 3 is 2.59 bits per heavy atom. The third-order valence-electron chi connectivity index (χ3n) is 5.21. The van der Waals surface area contributed by atoms with E-state index in [1.165, 1.54) is 29.0 Å². The Bertz CT molecular complexity index is 1330. The molecule has 4 aromatic rings. The Morgan fingerprint density at radius 2 is 1.94 bits per heavy atom. The number of carbonyl (C=O) groups excluding carboxylic acids is 1. The van der Waals surface area contributed by atoms with Crippen LogP contribution < -0.4 is 4.90 Å². The van der Waals surface area contributed by atoms with Crippen molar-refractivity contribution in [3.63, 3.8) is 0 Å². The van der Waals surface area contributed by atoms with E-state index in [9.17, 15) is 13.2 Å². The van der Waals surface area contributed by atoms with Crippen LogP contribution in [-0.4, -0.2) is 41.7 Å². The summed E-state index contributed by atoms with van der Waals surface area (Å²) < 4.78 is 26.5. The zero-order chi connectivity index (χ0) is 22.7. The van der Waals surface area contributed by atoms with Crippen LogP contribution in [0.25, 0.3) is 10.2 Å². The molecule has 9 heteroatoms. The molecular formula is C23H24N4O3S2. The summed E-state index contributed by atoms with van der Waals surface area (Å²) >= 11 is 1.49. The molecule has 0 aliphatic heterocycles. The second kappa shape index (κ2) is 9.22. The molecule has 0 saturated heterocycles. The second-order valence-corrected chi connectivity index (χ2v) is 10.6. The molecule has 32 heavy (non-hydrogen) atoms. The highest BCUT2D eigenvalue weighted by Crippen LogP contribution is 2.31. The number of rotatable bonds is 8. The molecule has 166 valence electrons. The first kappa shape index (κ1) is 22.2. The van der Waals surface area contributed by atoms with E-state index in [0.717, 1.165) is 35.9 Å². The van der Waals surface area contributed by atoms with Gasteiger partial charge in [0.15, 0.2) is 15.0 Å². The summed E-state index contributed by atoms with van der Waals surface area (Å²) in [5.74, 6) is -0.203. The molecule has 0 aliphatic rings. The van der Waals surface area contributed by atoms with Crippen molar-refractivity contribution in [2.24, 2.45) is 0 Å². The van der Waals surface area contributed by atoms with Gasteiger partial charge in [-0.3, -0.25) is 9.69 Å². The number of nitrogens with zero attached hydrogens (tertiary/aromatic N) is 4. The predicted octanol–water partition coefficient (Wildman–Crippen LogP) is 4.20. The zero-order valence-corrected chi connectivity index (χ0v) is 19.6. The van der Waals surface area contributed by atoms with Crippen molar-refractivity contribution in [1.29, 1.82) is 0 Å². The number of hydrogen-bond donors (Lipinski definition) is 0. The first-order chi connectivity index (χ1) is 15.3. The van der Waals surface area contributed by atoms with E-state index >= 15 is 0 Å². The van der Waals surface area contributed by atoms with E-state index in [1.807, 2.05) is 16.8 Å². The average Bonchev–Trinajstić information content (AvgIpc) is 3.45. The molecular weight excluding hydrogens is 444 g/mol. The lowest BCUT2D eigenvalue weighted by Gasteiger charge is -2.20. The van der Waals surface area contributed by atoms with E-state index in [1.54, 1.807) is 29.6 Å². The van der Waals surface area contributed by atoms with Crippen LogP contribution in [0.3, 0.4) is 0 Å². The fourth-order valence-corrected chi connectivity index (χ4v) is 5.09. The molecule has 4 rings (SSSR count). The highest BCUT2D eigenvalue weighted by Gasteiger charge is 2.22. The Kier molecular flexibility index (Phi) is 6.38. The maximum Gasteiger partial charge on any atom is 0.260 e. The van der Waals surface area contributed by atoms with Gasteiger partial charge in [0.2, 0.25) is 0 Å². The predicted molar refractivity (Wildman–Crippen MR) is 127 cm³/mol. The summed E-state index contributed by atoms with van der Waals surface area (Å²) in [5, 5.41) is 0.635. The van der Waals surface area contributed by atoms with Crippen molar-refractivity contribution >= 4 is 42.4 Å². The average molecular weight is 469 g/mol. The number of aryl methyl sites for hydroxylation is 2. The van der Waals surface area contributed by atoms with Gasteiger partial charge in [-0.1, -0.05) is 24.3 Å².